The highest BCUT2D eigenvalue weighted by molar-refractivity contribution is 7.89. The lowest BCUT2D eigenvalue weighted by molar-refractivity contribution is -0.137. The van der Waals surface area contributed by atoms with E-state index in [4.69, 9.17) is 0 Å². The number of carbonyl (C=O) groups is 1. The number of hydrogen-bond donors (Lipinski definition) is 1. The molecule has 9 heteroatoms. The highest BCUT2D eigenvalue weighted by atomic mass is 32.2. The largest absolute Gasteiger partial charge is 0.416 e. The van der Waals surface area contributed by atoms with Crippen molar-refractivity contribution in [1.82, 2.24) is 3.97 Å². The third-order valence-corrected chi connectivity index (χ3v) is 4.77. The average Bonchev–Trinajstić information content (AvgIpc) is 2.93. The highest BCUT2D eigenvalue weighted by Gasteiger charge is 2.30. The van der Waals surface area contributed by atoms with Gasteiger partial charge in [-0.25, -0.2) is 12.4 Å². The minimum atomic E-state index is -4.49. The monoisotopic (exact) mass is 382 g/mol. The molecule has 2 aromatic carbocycles. The number of benzene rings is 2. The number of para-hydroxylation sites is 1. The van der Waals surface area contributed by atoms with Gasteiger partial charge in [0.05, 0.1) is 23.0 Å². The predicted molar refractivity (Wildman–Crippen MR) is 91.6 cm³/mol. The molecule has 0 saturated carbocycles. The summed E-state index contributed by atoms with van der Waals surface area (Å²) >= 11 is 0. The van der Waals surface area contributed by atoms with Crippen LogP contribution in [0.25, 0.3) is 10.9 Å². The SMILES string of the molecule is CS(=O)(=O)n1cc(NC(=O)c2ccc(C(F)(F)F)cc2)c2ccccc21. The number of aromatic nitrogens is 1. The molecule has 0 aliphatic carbocycles. The van der Waals surface area contributed by atoms with Crippen LogP contribution < -0.4 is 5.32 Å². The quantitative estimate of drug-likeness (QED) is 0.751. The van der Waals surface area contributed by atoms with E-state index in [2.05, 4.69) is 5.32 Å². The summed E-state index contributed by atoms with van der Waals surface area (Å²) in [5.41, 5.74) is -0.203. The summed E-state index contributed by atoms with van der Waals surface area (Å²) in [6.07, 6.45) is -2.19. The minimum absolute atomic E-state index is 0.0224. The van der Waals surface area contributed by atoms with Crippen molar-refractivity contribution in [2.24, 2.45) is 0 Å². The number of nitrogens with one attached hydrogen (secondary N) is 1. The van der Waals surface area contributed by atoms with Crippen LogP contribution in [0.2, 0.25) is 0 Å². The number of fused-ring (bicyclic) bond motifs is 1. The van der Waals surface area contributed by atoms with E-state index in [0.717, 1.165) is 34.5 Å². The van der Waals surface area contributed by atoms with Crippen molar-refractivity contribution in [3.63, 3.8) is 0 Å². The third kappa shape index (κ3) is 3.43. The van der Waals surface area contributed by atoms with Crippen molar-refractivity contribution in [3.05, 3.63) is 65.9 Å². The van der Waals surface area contributed by atoms with E-state index in [1.165, 1.54) is 6.20 Å². The molecule has 0 fully saturated rings. The number of halogens is 3. The molecule has 0 saturated heterocycles. The van der Waals surface area contributed by atoms with Crippen LogP contribution in [0.4, 0.5) is 18.9 Å². The van der Waals surface area contributed by atoms with E-state index in [9.17, 15) is 26.4 Å². The average molecular weight is 382 g/mol. The molecule has 1 amide bonds. The van der Waals surface area contributed by atoms with E-state index in [1.54, 1.807) is 24.3 Å². The van der Waals surface area contributed by atoms with Gasteiger partial charge in [-0.05, 0) is 30.3 Å². The van der Waals surface area contributed by atoms with Crippen molar-refractivity contribution < 1.29 is 26.4 Å². The van der Waals surface area contributed by atoms with Gasteiger partial charge in [0.25, 0.3) is 5.91 Å². The summed E-state index contributed by atoms with van der Waals surface area (Å²) in [6, 6.07) is 10.3. The number of anilines is 1. The number of amides is 1. The zero-order valence-corrected chi connectivity index (χ0v) is 14.2. The molecule has 1 aromatic heterocycles. The Bertz CT molecular complexity index is 1080. The van der Waals surface area contributed by atoms with Gasteiger partial charge in [-0.15, -0.1) is 0 Å². The molecule has 0 radical (unpaired) electrons. The first-order valence-corrected chi connectivity index (χ1v) is 9.21. The molecular weight excluding hydrogens is 369 g/mol. The van der Waals surface area contributed by atoms with Gasteiger partial charge >= 0.3 is 6.18 Å². The van der Waals surface area contributed by atoms with Crippen molar-refractivity contribution in [2.75, 3.05) is 11.6 Å². The first kappa shape index (κ1) is 18.0. The highest BCUT2D eigenvalue weighted by Crippen LogP contribution is 2.30. The summed E-state index contributed by atoms with van der Waals surface area (Å²) in [5.74, 6) is -0.643. The molecule has 0 bridgehead atoms. The Hall–Kier alpha value is -2.81. The number of rotatable bonds is 3. The van der Waals surface area contributed by atoms with Crippen LogP contribution in [0.5, 0.6) is 0 Å². The Kier molecular flexibility index (Phi) is 4.27. The van der Waals surface area contributed by atoms with Crippen LogP contribution in [0, 0.1) is 0 Å². The number of alkyl halides is 3. The maximum absolute atomic E-state index is 12.6. The molecule has 26 heavy (non-hydrogen) atoms. The van der Waals surface area contributed by atoms with Gasteiger partial charge in [0.15, 0.2) is 0 Å². The summed E-state index contributed by atoms with van der Waals surface area (Å²) in [4.78, 5) is 12.3. The third-order valence-electron chi connectivity index (χ3n) is 3.76. The van der Waals surface area contributed by atoms with Gasteiger partial charge in [0.1, 0.15) is 0 Å². The van der Waals surface area contributed by atoms with Crippen LogP contribution in [0.3, 0.4) is 0 Å². The van der Waals surface area contributed by atoms with Crippen molar-refractivity contribution >= 4 is 32.5 Å². The molecule has 3 aromatic rings. The van der Waals surface area contributed by atoms with Crippen LogP contribution in [0.1, 0.15) is 15.9 Å². The number of hydrogen-bond acceptors (Lipinski definition) is 3. The Morgan fingerprint density at radius 2 is 1.65 bits per heavy atom. The molecule has 3 rings (SSSR count). The van der Waals surface area contributed by atoms with Crippen LogP contribution in [-0.2, 0) is 16.2 Å². The van der Waals surface area contributed by atoms with Crippen molar-refractivity contribution in [2.45, 2.75) is 6.18 Å². The van der Waals surface area contributed by atoms with Gasteiger partial charge in [-0.1, -0.05) is 18.2 Å². The van der Waals surface area contributed by atoms with Crippen LogP contribution in [-0.4, -0.2) is 24.6 Å². The Balaban J connectivity index is 1.95. The fourth-order valence-corrected chi connectivity index (χ4v) is 3.34. The molecular formula is C17H13F3N2O3S. The summed E-state index contributed by atoms with van der Waals surface area (Å²) in [5, 5.41) is 3.04. The number of nitrogens with zero attached hydrogens (tertiary/aromatic N) is 1. The summed E-state index contributed by atoms with van der Waals surface area (Å²) in [7, 11) is -3.59. The maximum Gasteiger partial charge on any atom is 0.416 e. The number of carbonyl (C=O) groups excluding carboxylic acids is 1. The van der Waals surface area contributed by atoms with Crippen molar-refractivity contribution in [3.8, 4) is 0 Å². The fraction of sp³-hybridized carbons (Fsp3) is 0.118. The normalized spacial score (nSPS) is 12.3. The Morgan fingerprint density at radius 1 is 1.04 bits per heavy atom. The van der Waals surface area contributed by atoms with E-state index in [0.29, 0.717) is 10.9 Å². The van der Waals surface area contributed by atoms with E-state index in [-0.39, 0.29) is 11.3 Å². The molecule has 5 nitrogen and oxygen atoms in total. The van der Waals surface area contributed by atoms with E-state index < -0.39 is 27.7 Å². The predicted octanol–water partition coefficient (Wildman–Crippen LogP) is 3.72. The topological polar surface area (TPSA) is 68.2 Å². The second kappa shape index (κ2) is 6.17. The molecule has 0 spiro atoms. The van der Waals surface area contributed by atoms with Crippen LogP contribution >= 0.6 is 0 Å². The fourth-order valence-electron chi connectivity index (χ4n) is 2.53. The van der Waals surface area contributed by atoms with Gasteiger partial charge in [-0.2, -0.15) is 13.2 Å². The lowest BCUT2D eigenvalue weighted by Gasteiger charge is -2.08. The van der Waals surface area contributed by atoms with Crippen molar-refractivity contribution in [1.29, 1.82) is 0 Å². The van der Waals surface area contributed by atoms with E-state index in [1.807, 2.05) is 0 Å². The van der Waals surface area contributed by atoms with Gasteiger partial charge in [0.2, 0.25) is 10.0 Å². The summed E-state index contributed by atoms with van der Waals surface area (Å²) < 4.78 is 62.6. The first-order chi connectivity index (χ1) is 12.1. The minimum Gasteiger partial charge on any atom is -0.320 e. The summed E-state index contributed by atoms with van der Waals surface area (Å²) in [6.45, 7) is 0. The molecule has 1 heterocycles. The second-order valence-electron chi connectivity index (χ2n) is 5.65. The lowest BCUT2D eigenvalue weighted by Crippen LogP contribution is -2.13. The molecule has 0 aliphatic heterocycles. The first-order valence-electron chi connectivity index (χ1n) is 7.36. The van der Waals surface area contributed by atoms with Gasteiger partial charge in [0, 0.05) is 17.1 Å². The van der Waals surface area contributed by atoms with Crippen LogP contribution in [0.15, 0.2) is 54.7 Å². The lowest BCUT2D eigenvalue weighted by atomic mass is 10.1. The standard InChI is InChI=1S/C17H13F3N2O3S/c1-26(24,25)22-10-14(13-4-2-3-5-15(13)22)21-16(23)11-6-8-12(9-7-11)17(18,19)20/h2-10H,1H3,(H,21,23). The van der Waals surface area contributed by atoms with Gasteiger partial charge in [-0.3, -0.25) is 4.79 Å². The zero-order chi connectivity index (χ0) is 19.1. The molecule has 1 N–H and O–H groups in total. The molecule has 0 unspecified atom stereocenters. The Labute approximate surface area is 147 Å². The van der Waals surface area contributed by atoms with Gasteiger partial charge < -0.3 is 5.32 Å². The molecule has 0 atom stereocenters. The smallest absolute Gasteiger partial charge is 0.320 e. The molecule has 0 aliphatic rings. The molecule has 136 valence electrons. The Morgan fingerprint density at radius 3 is 2.23 bits per heavy atom. The van der Waals surface area contributed by atoms with E-state index >= 15 is 0 Å². The maximum atomic E-state index is 12.6. The second-order valence-corrected chi connectivity index (χ2v) is 7.51. The zero-order valence-electron chi connectivity index (χ0n) is 13.4.